The Balaban J connectivity index is 1.71. The van der Waals surface area contributed by atoms with Crippen LogP contribution in [0, 0.1) is 0 Å². The molecule has 5 nitrogen and oxygen atoms in total. The maximum Gasteiger partial charge on any atom is 0.288 e. The molecule has 2 aromatic rings. The number of hydrogen-bond donors (Lipinski definition) is 1. The van der Waals surface area contributed by atoms with Crippen molar-refractivity contribution in [3.8, 4) is 0 Å². The fourth-order valence-corrected chi connectivity index (χ4v) is 3.14. The minimum Gasteiger partial charge on any atom is -0.324 e. The van der Waals surface area contributed by atoms with Gasteiger partial charge in [-0.05, 0) is 43.3 Å². The number of rotatable bonds is 5. The molecule has 1 N–H and O–H groups in total. The maximum absolute atomic E-state index is 12.4. The van der Waals surface area contributed by atoms with Crippen molar-refractivity contribution in [3.05, 3.63) is 59.7 Å². The fraction of sp³-hybridized carbons (Fsp3) is 0.167. The van der Waals surface area contributed by atoms with Crippen molar-refractivity contribution in [2.75, 3.05) is 5.32 Å². The van der Waals surface area contributed by atoms with E-state index in [1.165, 1.54) is 31.2 Å². The molecule has 0 radical (unpaired) electrons. The SMILES string of the molecule is CC(C(=O)Nc1ccc(SC(F)F)cc1)N1C(=O)c2ccccc2C1=O. The van der Waals surface area contributed by atoms with Gasteiger partial charge in [0, 0.05) is 10.6 Å². The van der Waals surface area contributed by atoms with Gasteiger partial charge < -0.3 is 5.32 Å². The van der Waals surface area contributed by atoms with Gasteiger partial charge in [-0.1, -0.05) is 23.9 Å². The lowest BCUT2D eigenvalue weighted by Gasteiger charge is -2.21. The molecule has 1 atom stereocenters. The lowest BCUT2D eigenvalue weighted by Crippen LogP contribution is -2.45. The number of hydrogen-bond acceptors (Lipinski definition) is 4. The van der Waals surface area contributed by atoms with Gasteiger partial charge in [-0.25, -0.2) is 0 Å². The summed E-state index contributed by atoms with van der Waals surface area (Å²) >= 11 is 0.403. The summed E-state index contributed by atoms with van der Waals surface area (Å²) in [5.41, 5.74) is 0.924. The number of amides is 3. The summed E-state index contributed by atoms with van der Waals surface area (Å²) in [7, 11) is 0. The quantitative estimate of drug-likeness (QED) is 0.639. The molecule has 1 unspecified atom stereocenters. The maximum atomic E-state index is 12.4. The van der Waals surface area contributed by atoms with E-state index in [-0.39, 0.29) is 11.1 Å². The summed E-state index contributed by atoms with van der Waals surface area (Å²) in [6, 6.07) is 11.2. The highest BCUT2D eigenvalue weighted by Gasteiger charge is 2.40. The number of anilines is 1. The Morgan fingerprint density at radius 3 is 2.04 bits per heavy atom. The molecular weight excluding hydrogens is 362 g/mol. The number of fused-ring (bicyclic) bond motifs is 1. The fourth-order valence-electron chi connectivity index (χ4n) is 2.64. The molecule has 26 heavy (non-hydrogen) atoms. The van der Waals surface area contributed by atoms with Gasteiger partial charge in [0.2, 0.25) is 5.91 Å². The zero-order chi connectivity index (χ0) is 18.8. The van der Waals surface area contributed by atoms with Crippen molar-refractivity contribution in [1.82, 2.24) is 4.90 Å². The van der Waals surface area contributed by atoms with Crippen LogP contribution in [0.4, 0.5) is 14.5 Å². The smallest absolute Gasteiger partial charge is 0.288 e. The minimum atomic E-state index is -2.52. The second-order valence-electron chi connectivity index (χ2n) is 5.59. The number of carbonyl (C=O) groups is 3. The molecule has 0 bridgehead atoms. The van der Waals surface area contributed by atoms with Crippen LogP contribution < -0.4 is 5.32 Å². The Morgan fingerprint density at radius 2 is 1.54 bits per heavy atom. The van der Waals surface area contributed by atoms with Crippen LogP contribution in [-0.4, -0.2) is 34.4 Å². The largest absolute Gasteiger partial charge is 0.324 e. The summed E-state index contributed by atoms with van der Waals surface area (Å²) in [4.78, 5) is 38.5. The second kappa shape index (κ2) is 7.25. The van der Waals surface area contributed by atoms with Gasteiger partial charge in [-0.15, -0.1) is 0 Å². The van der Waals surface area contributed by atoms with E-state index in [9.17, 15) is 23.2 Å². The van der Waals surface area contributed by atoms with Gasteiger partial charge in [0.15, 0.2) is 0 Å². The topological polar surface area (TPSA) is 66.5 Å². The minimum absolute atomic E-state index is 0.269. The third-order valence-corrected chi connectivity index (χ3v) is 4.66. The number of nitrogens with zero attached hydrogens (tertiary/aromatic N) is 1. The van der Waals surface area contributed by atoms with Gasteiger partial charge in [-0.2, -0.15) is 8.78 Å². The molecule has 2 aromatic carbocycles. The number of thioether (sulfide) groups is 1. The monoisotopic (exact) mass is 376 g/mol. The van der Waals surface area contributed by atoms with E-state index < -0.39 is 29.5 Å². The molecule has 1 aliphatic heterocycles. The first-order chi connectivity index (χ1) is 12.4. The molecule has 0 saturated heterocycles. The first-order valence-electron chi connectivity index (χ1n) is 7.71. The molecular formula is C18H14F2N2O3S. The van der Waals surface area contributed by atoms with E-state index in [2.05, 4.69) is 5.32 Å². The van der Waals surface area contributed by atoms with E-state index in [1.54, 1.807) is 24.3 Å². The molecule has 0 spiro atoms. The lowest BCUT2D eigenvalue weighted by molar-refractivity contribution is -0.119. The van der Waals surface area contributed by atoms with Crippen LogP contribution in [-0.2, 0) is 4.79 Å². The average Bonchev–Trinajstić information content (AvgIpc) is 2.87. The molecule has 3 rings (SSSR count). The van der Waals surface area contributed by atoms with Crippen molar-refractivity contribution in [1.29, 1.82) is 0 Å². The number of imide groups is 1. The second-order valence-corrected chi connectivity index (χ2v) is 6.66. The van der Waals surface area contributed by atoms with E-state index in [4.69, 9.17) is 0 Å². The Hall–Kier alpha value is -2.74. The highest BCUT2D eigenvalue weighted by Crippen LogP contribution is 2.27. The van der Waals surface area contributed by atoms with Crippen LogP contribution in [0.15, 0.2) is 53.4 Å². The third kappa shape index (κ3) is 3.45. The third-order valence-electron chi connectivity index (χ3n) is 3.94. The normalized spacial score (nSPS) is 14.5. The Morgan fingerprint density at radius 1 is 1.00 bits per heavy atom. The Kier molecular flexibility index (Phi) is 5.03. The highest BCUT2D eigenvalue weighted by molar-refractivity contribution is 7.99. The predicted molar refractivity (Wildman–Crippen MR) is 93.3 cm³/mol. The molecule has 0 aliphatic carbocycles. The van der Waals surface area contributed by atoms with Crippen LogP contribution in [0.3, 0.4) is 0 Å². The summed E-state index contributed by atoms with van der Waals surface area (Å²) in [6.07, 6.45) is 0. The zero-order valence-electron chi connectivity index (χ0n) is 13.6. The molecule has 3 amide bonds. The van der Waals surface area contributed by atoms with E-state index in [0.717, 1.165) is 4.90 Å². The summed E-state index contributed by atoms with van der Waals surface area (Å²) in [5.74, 6) is -4.10. The average molecular weight is 376 g/mol. The van der Waals surface area contributed by atoms with Gasteiger partial charge in [0.25, 0.3) is 17.6 Å². The number of carbonyl (C=O) groups excluding carboxylic acids is 3. The van der Waals surface area contributed by atoms with Crippen molar-refractivity contribution >= 4 is 35.2 Å². The molecule has 134 valence electrons. The van der Waals surface area contributed by atoms with Gasteiger partial charge >= 0.3 is 0 Å². The number of alkyl halides is 2. The van der Waals surface area contributed by atoms with Crippen molar-refractivity contribution in [2.45, 2.75) is 23.6 Å². The number of halogens is 2. The summed E-state index contributed by atoms with van der Waals surface area (Å²) in [6.45, 7) is 1.46. The molecule has 8 heteroatoms. The van der Waals surface area contributed by atoms with Gasteiger partial charge in [-0.3, -0.25) is 19.3 Å². The Labute approximate surface area is 152 Å². The highest BCUT2D eigenvalue weighted by atomic mass is 32.2. The van der Waals surface area contributed by atoms with Crippen LogP contribution in [0.5, 0.6) is 0 Å². The molecule has 0 saturated carbocycles. The van der Waals surface area contributed by atoms with Crippen LogP contribution >= 0.6 is 11.8 Å². The van der Waals surface area contributed by atoms with E-state index >= 15 is 0 Å². The van der Waals surface area contributed by atoms with Crippen LogP contribution in [0.1, 0.15) is 27.6 Å². The van der Waals surface area contributed by atoms with Gasteiger partial charge in [0.1, 0.15) is 6.04 Å². The Bertz CT molecular complexity index is 836. The molecule has 0 aromatic heterocycles. The van der Waals surface area contributed by atoms with Crippen molar-refractivity contribution < 1.29 is 23.2 Å². The molecule has 1 aliphatic rings. The number of benzene rings is 2. The number of nitrogens with one attached hydrogen (secondary N) is 1. The predicted octanol–water partition coefficient (Wildman–Crippen LogP) is 3.62. The summed E-state index contributed by atoms with van der Waals surface area (Å²) < 4.78 is 24.6. The van der Waals surface area contributed by atoms with E-state index in [0.29, 0.717) is 22.3 Å². The van der Waals surface area contributed by atoms with Gasteiger partial charge in [0.05, 0.1) is 11.1 Å². The van der Waals surface area contributed by atoms with Crippen molar-refractivity contribution in [2.24, 2.45) is 0 Å². The first kappa shape index (κ1) is 18.1. The standard InChI is InChI=1S/C18H14F2N2O3S/c1-10(22-16(24)13-4-2-3-5-14(13)17(22)25)15(23)21-11-6-8-12(9-7-11)26-18(19)20/h2-10,18H,1H3,(H,21,23). The lowest BCUT2D eigenvalue weighted by atomic mass is 10.1. The zero-order valence-corrected chi connectivity index (χ0v) is 14.4. The molecule has 0 fully saturated rings. The van der Waals surface area contributed by atoms with Crippen LogP contribution in [0.2, 0.25) is 0 Å². The first-order valence-corrected chi connectivity index (χ1v) is 8.59. The van der Waals surface area contributed by atoms with Crippen molar-refractivity contribution in [3.63, 3.8) is 0 Å². The molecule has 1 heterocycles. The van der Waals surface area contributed by atoms with E-state index in [1.807, 2.05) is 0 Å². The summed E-state index contributed by atoms with van der Waals surface area (Å²) in [5, 5.41) is 2.59. The van der Waals surface area contributed by atoms with Crippen LogP contribution in [0.25, 0.3) is 0 Å².